The summed E-state index contributed by atoms with van der Waals surface area (Å²) in [4.78, 5) is 4.48. The molecule has 0 amide bonds. The van der Waals surface area contributed by atoms with Crippen molar-refractivity contribution in [2.24, 2.45) is 0 Å². The smallest absolute Gasteiger partial charge is 0.244 e. The Hall–Kier alpha value is -2.59. The van der Waals surface area contributed by atoms with Gasteiger partial charge in [-0.3, -0.25) is 0 Å². The molecular weight excluding hydrogens is 546 g/mol. The van der Waals surface area contributed by atoms with Crippen molar-refractivity contribution < 1.29 is 31.4 Å². The number of aliphatic hydroxyl groups excluding tert-OH is 1. The van der Waals surface area contributed by atoms with Gasteiger partial charge < -0.3 is 24.3 Å². The van der Waals surface area contributed by atoms with E-state index in [-0.39, 0.29) is 29.0 Å². The van der Waals surface area contributed by atoms with Crippen LogP contribution in [0, 0.1) is 0 Å². The zero-order valence-electron chi connectivity index (χ0n) is 21.6. The van der Waals surface area contributed by atoms with E-state index in [1.165, 1.54) is 23.5 Å². The van der Waals surface area contributed by atoms with E-state index in [4.69, 9.17) is 9.47 Å². The molecule has 2 aliphatic heterocycles. The fourth-order valence-corrected chi connectivity index (χ4v) is 7.28. The molecule has 1 spiro atoms. The van der Waals surface area contributed by atoms with Crippen molar-refractivity contribution >= 4 is 25.7 Å². The first kappa shape index (κ1) is 28.0. The van der Waals surface area contributed by atoms with E-state index >= 15 is 0 Å². The predicted molar refractivity (Wildman–Crippen MR) is 142 cm³/mol. The molecule has 2 aliphatic rings. The molecule has 12 nitrogen and oxygen atoms in total. The molecule has 0 bridgehead atoms. The Morgan fingerprint density at radius 3 is 2.74 bits per heavy atom. The number of ether oxygens (including phenoxy) is 2. The van der Waals surface area contributed by atoms with Crippen LogP contribution in [0.4, 0.5) is 0 Å². The highest BCUT2D eigenvalue weighted by Gasteiger charge is 2.44. The number of hydrogen-bond donors (Lipinski definition) is 3. The van der Waals surface area contributed by atoms with Crippen LogP contribution in [0.1, 0.15) is 19.3 Å². The number of rotatable bonds is 10. The van der Waals surface area contributed by atoms with E-state index in [1.54, 1.807) is 47.3 Å². The molecule has 2 aromatic heterocycles. The van der Waals surface area contributed by atoms with E-state index in [9.17, 15) is 21.9 Å². The molecule has 0 aliphatic carbocycles. The fourth-order valence-electron chi connectivity index (χ4n) is 5.06. The molecule has 2 unspecified atom stereocenters. The Labute approximate surface area is 228 Å². The molecule has 2 fully saturated rings. The van der Waals surface area contributed by atoms with Crippen LogP contribution in [-0.4, -0.2) is 93.3 Å². The van der Waals surface area contributed by atoms with Crippen molar-refractivity contribution in [3.05, 3.63) is 55.0 Å². The summed E-state index contributed by atoms with van der Waals surface area (Å²) < 4.78 is 67.6. The van der Waals surface area contributed by atoms with Gasteiger partial charge in [0.25, 0.3) is 0 Å². The number of aliphatic hydroxyl groups is 1. The van der Waals surface area contributed by atoms with Gasteiger partial charge in [0, 0.05) is 50.3 Å². The zero-order chi connectivity index (χ0) is 27.7. The first-order valence-electron chi connectivity index (χ1n) is 12.7. The summed E-state index contributed by atoms with van der Waals surface area (Å²) in [5.41, 5.74) is 0.300. The minimum absolute atomic E-state index is 0.00748. The number of fused-ring (bicyclic) bond motifs is 1. The Morgan fingerprint density at radius 1 is 1.18 bits per heavy atom. The van der Waals surface area contributed by atoms with Crippen LogP contribution < -0.4 is 14.8 Å². The zero-order valence-corrected chi connectivity index (χ0v) is 23.2. The van der Waals surface area contributed by atoms with Crippen molar-refractivity contribution in [3.63, 3.8) is 0 Å². The highest BCUT2D eigenvalue weighted by atomic mass is 32.2. The first-order chi connectivity index (χ1) is 18.6. The summed E-state index contributed by atoms with van der Waals surface area (Å²) in [6, 6.07) is 9.38. The quantitative estimate of drug-likeness (QED) is 0.313. The number of hydrogen-bond acceptors (Lipinski definition) is 9. The third-order valence-electron chi connectivity index (χ3n) is 7.31. The second kappa shape index (κ2) is 11.1. The van der Waals surface area contributed by atoms with Crippen molar-refractivity contribution in [1.29, 1.82) is 0 Å². The van der Waals surface area contributed by atoms with E-state index in [0.717, 1.165) is 6.42 Å². The van der Waals surface area contributed by atoms with E-state index in [0.29, 0.717) is 43.9 Å². The SMILES string of the molecule is CNS(=O)(=O)c1cccc(OCC(O)CNC2COC3(CCN(S(=O)(=O)c4ccc5nccn5c4)CC3)C2)c1. The van der Waals surface area contributed by atoms with Crippen molar-refractivity contribution in [3.8, 4) is 5.75 Å². The number of imidazole rings is 1. The number of sulfonamides is 2. The molecule has 39 heavy (non-hydrogen) atoms. The van der Waals surface area contributed by atoms with Crippen molar-refractivity contribution in [1.82, 2.24) is 23.7 Å². The van der Waals surface area contributed by atoms with Gasteiger partial charge in [-0.15, -0.1) is 0 Å². The van der Waals surface area contributed by atoms with Crippen LogP contribution in [0.25, 0.3) is 5.65 Å². The van der Waals surface area contributed by atoms with Gasteiger partial charge in [0.05, 0.1) is 22.0 Å². The van der Waals surface area contributed by atoms with Crippen LogP contribution in [0.15, 0.2) is 64.8 Å². The summed E-state index contributed by atoms with van der Waals surface area (Å²) in [7, 11) is -5.87. The fraction of sp³-hybridized carbons (Fsp3) is 0.480. The van der Waals surface area contributed by atoms with Gasteiger partial charge in [-0.2, -0.15) is 4.31 Å². The van der Waals surface area contributed by atoms with Crippen LogP contribution in [0.3, 0.4) is 0 Å². The molecule has 2 atom stereocenters. The number of piperidine rings is 1. The Bertz CT molecular complexity index is 1520. The third-order valence-corrected chi connectivity index (χ3v) is 10.6. The van der Waals surface area contributed by atoms with Crippen LogP contribution in [0.2, 0.25) is 0 Å². The van der Waals surface area contributed by atoms with E-state index in [1.807, 2.05) is 0 Å². The lowest BCUT2D eigenvalue weighted by Gasteiger charge is -2.38. The number of benzene rings is 1. The largest absolute Gasteiger partial charge is 0.491 e. The molecule has 4 heterocycles. The minimum atomic E-state index is -3.62. The third kappa shape index (κ3) is 6.11. The van der Waals surface area contributed by atoms with Gasteiger partial charge in [-0.05, 0) is 50.6 Å². The van der Waals surface area contributed by atoms with Gasteiger partial charge in [0.2, 0.25) is 20.0 Å². The van der Waals surface area contributed by atoms with E-state index < -0.39 is 31.8 Å². The van der Waals surface area contributed by atoms with Crippen LogP contribution >= 0.6 is 0 Å². The topological polar surface area (TPSA) is 152 Å². The molecular formula is C25H33N5O7S2. The monoisotopic (exact) mass is 579 g/mol. The van der Waals surface area contributed by atoms with Gasteiger partial charge in [-0.25, -0.2) is 26.5 Å². The lowest BCUT2D eigenvalue weighted by Crippen LogP contribution is -2.47. The molecule has 14 heteroatoms. The lowest BCUT2D eigenvalue weighted by molar-refractivity contribution is -0.0312. The second-order valence-corrected chi connectivity index (χ2v) is 13.7. The summed E-state index contributed by atoms with van der Waals surface area (Å²) in [6.45, 7) is 1.48. The molecule has 212 valence electrons. The number of nitrogens with zero attached hydrogens (tertiary/aromatic N) is 3. The maximum absolute atomic E-state index is 13.2. The molecule has 2 saturated heterocycles. The van der Waals surface area contributed by atoms with Crippen LogP contribution in [-0.2, 0) is 24.8 Å². The summed E-state index contributed by atoms with van der Waals surface area (Å²) in [6.07, 6.45) is 6.03. The standard InChI is InChI=1S/C25H33N5O7S2/c1-26-38(32,33)22-4-2-3-21(13-22)36-18-20(31)15-28-19-14-25(37-17-19)7-10-30(11-8-25)39(34,35)23-5-6-24-27-9-12-29(24)16-23/h2-6,9,12-13,16,19-20,26,28,31H,7-8,10-11,14-15,17-18H2,1H3. The highest BCUT2D eigenvalue weighted by Crippen LogP contribution is 2.37. The molecule has 0 radical (unpaired) electrons. The normalized spacial score (nSPS) is 20.9. The molecule has 1 aromatic carbocycles. The lowest BCUT2D eigenvalue weighted by atomic mass is 9.88. The molecule has 3 aromatic rings. The summed E-state index contributed by atoms with van der Waals surface area (Å²) in [5.74, 6) is 0.347. The van der Waals surface area contributed by atoms with Crippen LogP contribution in [0.5, 0.6) is 5.75 Å². The molecule has 0 saturated carbocycles. The minimum Gasteiger partial charge on any atom is -0.491 e. The average Bonchev–Trinajstić information content (AvgIpc) is 3.58. The Kier molecular flexibility index (Phi) is 7.97. The highest BCUT2D eigenvalue weighted by molar-refractivity contribution is 7.89. The number of pyridine rings is 1. The van der Waals surface area contributed by atoms with E-state index in [2.05, 4.69) is 15.0 Å². The average molecular weight is 580 g/mol. The first-order valence-corrected chi connectivity index (χ1v) is 15.7. The number of aromatic nitrogens is 2. The van der Waals surface area contributed by atoms with Gasteiger partial charge in [-0.1, -0.05) is 6.07 Å². The second-order valence-electron chi connectivity index (χ2n) is 9.91. The van der Waals surface area contributed by atoms with Gasteiger partial charge in [0.1, 0.15) is 24.1 Å². The maximum atomic E-state index is 13.2. The van der Waals surface area contributed by atoms with Crippen molar-refractivity contribution in [2.45, 2.75) is 46.8 Å². The Balaban J connectivity index is 1.08. The number of nitrogens with one attached hydrogen (secondary N) is 2. The Morgan fingerprint density at radius 2 is 1.97 bits per heavy atom. The summed E-state index contributed by atoms with van der Waals surface area (Å²) >= 11 is 0. The molecule has 5 rings (SSSR count). The van der Waals surface area contributed by atoms with Crippen molar-refractivity contribution in [2.75, 3.05) is 39.9 Å². The maximum Gasteiger partial charge on any atom is 0.244 e. The summed E-state index contributed by atoms with van der Waals surface area (Å²) in [5, 5.41) is 13.7. The molecule has 3 N–H and O–H groups in total. The van der Waals surface area contributed by atoms with Gasteiger partial charge >= 0.3 is 0 Å². The predicted octanol–water partition coefficient (Wildman–Crippen LogP) is 0.584. The van der Waals surface area contributed by atoms with Gasteiger partial charge in [0.15, 0.2) is 0 Å².